The number of ether oxygens (including phenoxy) is 3. The third-order valence-corrected chi connectivity index (χ3v) is 15.9. The molecule has 458 valence electrons. The number of allylic oxidation sites excluding steroid dienone is 6. The molecule has 78 heavy (non-hydrogen) atoms. The highest BCUT2D eigenvalue weighted by Crippen LogP contribution is 2.18. The zero-order valence-electron chi connectivity index (χ0n) is 52.7. The van der Waals surface area contributed by atoms with Gasteiger partial charge in [-0.2, -0.15) is 0 Å². The smallest absolute Gasteiger partial charge is 0.306 e. The SMILES string of the molecule is CCCCCCC/C=C\C/C=C\C/C=C\CCCCCCCCCCCCC(=O)OCC(COC(=O)CCCCCCCCCCCCC)OC(=O)CCCCCCCCCCCCCCCCCCCCCCCCCC. The van der Waals surface area contributed by atoms with Crippen molar-refractivity contribution in [1.29, 1.82) is 0 Å². The van der Waals surface area contributed by atoms with E-state index in [-0.39, 0.29) is 31.1 Å². The molecule has 0 saturated heterocycles. The Kier molecular flexibility index (Phi) is 65.1. The molecular formula is C72H134O6. The first-order valence-corrected chi connectivity index (χ1v) is 35.0. The Morgan fingerprint density at radius 2 is 0.462 bits per heavy atom. The Balaban J connectivity index is 4.20. The Labute approximate surface area is 486 Å². The van der Waals surface area contributed by atoms with Crippen LogP contribution in [0, 0.1) is 0 Å². The van der Waals surface area contributed by atoms with Crippen LogP contribution < -0.4 is 0 Å². The van der Waals surface area contributed by atoms with Gasteiger partial charge in [0.25, 0.3) is 0 Å². The Hall–Kier alpha value is -2.37. The number of unbranched alkanes of at least 4 members (excludes halogenated alkanes) is 48. The van der Waals surface area contributed by atoms with Crippen molar-refractivity contribution in [2.24, 2.45) is 0 Å². The predicted molar refractivity (Wildman–Crippen MR) is 339 cm³/mol. The van der Waals surface area contributed by atoms with Crippen LogP contribution in [0.25, 0.3) is 0 Å². The second-order valence-electron chi connectivity index (χ2n) is 23.8. The average molecular weight is 1100 g/mol. The first-order chi connectivity index (χ1) is 38.5. The van der Waals surface area contributed by atoms with Crippen molar-refractivity contribution in [2.75, 3.05) is 13.2 Å². The molecule has 0 spiro atoms. The van der Waals surface area contributed by atoms with Crippen LogP contribution in [0.15, 0.2) is 36.5 Å². The minimum Gasteiger partial charge on any atom is -0.462 e. The van der Waals surface area contributed by atoms with Crippen LogP contribution in [-0.4, -0.2) is 37.2 Å². The van der Waals surface area contributed by atoms with E-state index in [9.17, 15) is 14.4 Å². The van der Waals surface area contributed by atoms with E-state index >= 15 is 0 Å². The molecule has 0 amide bonds. The highest BCUT2D eigenvalue weighted by Gasteiger charge is 2.19. The Morgan fingerprint density at radius 1 is 0.256 bits per heavy atom. The summed E-state index contributed by atoms with van der Waals surface area (Å²) in [7, 11) is 0. The van der Waals surface area contributed by atoms with Gasteiger partial charge in [-0.25, -0.2) is 0 Å². The summed E-state index contributed by atoms with van der Waals surface area (Å²) < 4.78 is 17.0. The molecule has 6 heteroatoms. The van der Waals surface area contributed by atoms with E-state index in [4.69, 9.17) is 14.2 Å². The lowest BCUT2D eigenvalue weighted by atomic mass is 10.0. The van der Waals surface area contributed by atoms with E-state index in [2.05, 4.69) is 57.2 Å². The molecule has 0 rings (SSSR count). The average Bonchev–Trinajstić information content (AvgIpc) is 3.44. The molecule has 0 aromatic rings. The molecule has 0 radical (unpaired) electrons. The van der Waals surface area contributed by atoms with Gasteiger partial charge in [0.05, 0.1) is 0 Å². The second-order valence-corrected chi connectivity index (χ2v) is 23.8. The van der Waals surface area contributed by atoms with Gasteiger partial charge in [-0.1, -0.05) is 346 Å². The van der Waals surface area contributed by atoms with Gasteiger partial charge < -0.3 is 14.2 Å². The Morgan fingerprint density at radius 3 is 0.718 bits per heavy atom. The van der Waals surface area contributed by atoms with Crippen molar-refractivity contribution in [1.82, 2.24) is 0 Å². The number of rotatable bonds is 65. The number of carbonyl (C=O) groups is 3. The fourth-order valence-electron chi connectivity index (χ4n) is 10.6. The van der Waals surface area contributed by atoms with Crippen molar-refractivity contribution in [3.8, 4) is 0 Å². The van der Waals surface area contributed by atoms with E-state index < -0.39 is 6.10 Å². The minimum atomic E-state index is -0.770. The molecule has 6 nitrogen and oxygen atoms in total. The molecule has 0 aromatic heterocycles. The first-order valence-electron chi connectivity index (χ1n) is 35.0. The van der Waals surface area contributed by atoms with Crippen LogP contribution in [-0.2, 0) is 28.6 Å². The highest BCUT2D eigenvalue weighted by atomic mass is 16.6. The number of carbonyl (C=O) groups excluding carboxylic acids is 3. The zero-order chi connectivity index (χ0) is 56.4. The Bertz CT molecular complexity index is 1300. The van der Waals surface area contributed by atoms with Gasteiger partial charge in [0.15, 0.2) is 6.10 Å². The molecule has 0 saturated carbocycles. The molecule has 0 N–H and O–H groups in total. The lowest BCUT2D eigenvalue weighted by Gasteiger charge is -2.18. The van der Waals surface area contributed by atoms with Gasteiger partial charge >= 0.3 is 17.9 Å². The van der Waals surface area contributed by atoms with E-state index in [1.807, 2.05) is 0 Å². The van der Waals surface area contributed by atoms with Crippen LogP contribution in [0.5, 0.6) is 0 Å². The summed E-state index contributed by atoms with van der Waals surface area (Å²) in [5.74, 6) is -0.844. The highest BCUT2D eigenvalue weighted by molar-refractivity contribution is 5.71. The van der Waals surface area contributed by atoms with E-state index in [0.717, 1.165) is 70.6 Å². The molecule has 0 aliphatic rings. The summed E-state index contributed by atoms with van der Waals surface area (Å²) in [6, 6.07) is 0. The summed E-state index contributed by atoms with van der Waals surface area (Å²) in [5, 5.41) is 0. The van der Waals surface area contributed by atoms with Gasteiger partial charge in [0.1, 0.15) is 13.2 Å². The van der Waals surface area contributed by atoms with Crippen molar-refractivity contribution in [3.63, 3.8) is 0 Å². The van der Waals surface area contributed by atoms with Gasteiger partial charge in [-0.15, -0.1) is 0 Å². The normalized spacial score (nSPS) is 12.2. The van der Waals surface area contributed by atoms with Gasteiger partial charge in [-0.05, 0) is 57.8 Å². The van der Waals surface area contributed by atoms with Crippen molar-refractivity contribution >= 4 is 17.9 Å². The van der Waals surface area contributed by atoms with E-state index in [0.29, 0.717) is 19.3 Å². The van der Waals surface area contributed by atoms with Gasteiger partial charge in [-0.3, -0.25) is 14.4 Å². The molecule has 0 heterocycles. The number of hydrogen-bond donors (Lipinski definition) is 0. The minimum absolute atomic E-state index is 0.0674. The summed E-state index contributed by atoms with van der Waals surface area (Å²) in [6.45, 7) is 6.69. The van der Waals surface area contributed by atoms with Crippen molar-refractivity contribution in [2.45, 2.75) is 393 Å². The molecule has 0 aliphatic carbocycles. The van der Waals surface area contributed by atoms with Gasteiger partial charge in [0, 0.05) is 19.3 Å². The standard InChI is InChI=1S/C72H134O6/c1-4-7-10-13-16-19-22-24-26-28-30-32-34-36-38-39-41-43-45-47-50-53-56-59-62-65-71(74)77-68-69(67-76-70(73)64-61-58-55-52-49-21-18-15-12-9-6-3)78-72(75)66-63-60-57-54-51-48-46-44-42-40-37-35-33-31-29-27-25-23-20-17-14-11-8-5-2/h22,24,28,30,34,36,69H,4-21,23,25-27,29,31-33,35,37-68H2,1-3H3/b24-22-,30-28-,36-34-. The van der Waals surface area contributed by atoms with Crippen LogP contribution in [0.2, 0.25) is 0 Å². The largest absolute Gasteiger partial charge is 0.462 e. The molecule has 0 aliphatic heterocycles. The summed E-state index contributed by atoms with van der Waals surface area (Å²) in [4.78, 5) is 38.4. The maximum absolute atomic E-state index is 12.9. The van der Waals surface area contributed by atoms with E-state index in [1.165, 1.54) is 276 Å². The van der Waals surface area contributed by atoms with E-state index in [1.54, 1.807) is 0 Å². The summed E-state index contributed by atoms with van der Waals surface area (Å²) in [5.41, 5.74) is 0. The van der Waals surface area contributed by atoms with Crippen LogP contribution in [0.1, 0.15) is 387 Å². The quantitative estimate of drug-likeness (QED) is 0.0261. The summed E-state index contributed by atoms with van der Waals surface area (Å²) in [6.07, 6.45) is 83.2. The van der Waals surface area contributed by atoms with Crippen molar-refractivity contribution < 1.29 is 28.6 Å². The fraction of sp³-hybridized carbons (Fsp3) is 0.875. The predicted octanol–water partition coefficient (Wildman–Crippen LogP) is 23.9. The molecule has 1 atom stereocenters. The van der Waals surface area contributed by atoms with Crippen LogP contribution in [0.4, 0.5) is 0 Å². The zero-order valence-corrected chi connectivity index (χ0v) is 52.7. The monoisotopic (exact) mass is 1100 g/mol. The lowest BCUT2D eigenvalue weighted by Crippen LogP contribution is -2.30. The number of esters is 3. The maximum Gasteiger partial charge on any atom is 0.306 e. The van der Waals surface area contributed by atoms with Crippen molar-refractivity contribution in [3.05, 3.63) is 36.5 Å². The topological polar surface area (TPSA) is 78.9 Å². The van der Waals surface area contributed by atoms with Gasteiger partial charge in [0.2, 0.25) is 0 Å². The number of hydrogen-bond acceptors (Lipinski definition) is 6. The fourth-order valence-corrected chi connectivity index (χ4v) is 10.6. The molecule has 0 fully saturated rings. The molecule has 0 bridgehead atoms. The molecular weight excluding hydrogens is 961 g/mol. The molecule has 1 unspecified atom stereocenters. The third kappa shape index (κ3) is 64.5. The summed E-state index contributed by atoms with van der Waals surface area (Å²) >= 11 is 0. The molecule has 0 aromatic carbocycles. The van der Waals surface area contributed by atoms with Crippen LogP contribution >= 0.6 is 0 Å². The van der Waals surface area contributed by atoms with Crippen LogP contribution in [0.3, 0.4) is 0 Å². The first kappa shape index (κ1) is 75.6. The lowest BCUT2D eigenvalue weighted by molar-refractivity contribution is -0.167. The third-order valence-electron chi connectivity index (χ3n) is 15.9. The maximum atomic E-state index is 12.9. The second kappa shape index (κ2) is 67.1.